The summed E-state index contributed by atoms with van der Waals surface area (Å²) in [5, 5.41) is 4.03. The van der Waals surface area contributed by atoms with Crippen molar-refractivity contribution in [2.24, 2.45) is 11.5 Å². The summed E-state index contributed by atoms with van der Waals surface area (Å²) in [6.07, 6.45) is 2.19. The van der Waals surface area contributed by atoms with Crippen molar-refractivity contribution in [3.05, 3.63) is 42.0 Å². The van der Waals surface area contributed by atoms with Crippen molar-refractivity contribution < 1.29 is 13.9 Å². The molecule has 0 saturated carbocycles. The lowest BCUT2D eigenvalue weighted by molar-refractivity contribution is 0.0752. The maximum absolute atomic E-state index is 13.5. The molecule has 27 heavy (non-hydrogen) atoms. The van der Waals surface area contributed by atoms with Crippen LogP contribution < -0.4 is 16.8 Å². The zero-order valence-corrected chi connectivity index (χ0v) is 14.4. The van der Waals surface area contributed by atoms with Crippen LogP contribution in [-0.4, -0.2) is 46.2 Å². The molecule has 0 radical (unpaired) electrons. The van der Waals surface area contributed by atoms with Crippen molar-refractivity contribution in [1.29, 1.82) is 0 Å². The Hall–Kier alpha value is -3.04. The number of anilines is 1. The van der Waals surface area contributed by atoms with Crippen molar-refractivity contribution in [3.8, 4) is 11.4 Å². The first kappa shape index (κ1) is 17.4. The number of carbonyl (C=O) groups is 1. The Labute approximate surface area is 154 Å². The molecule has 9 heteroatoms. The number of nitrogens with one attached hydrogen (secondary N) is 2. The van der Waals surface area contributed by atoms with Crippen LogP contribution in [0, 0.1) is 5.82 Å². The molecule has 0 aliphatic carbocycles. The van der Waals surface area contributed by atoms with Crippen LogP contribution in [-0.2, 0) is 4.74 Å². The Morgan fingerprint density at radius 1 is 1.37 bits per heavy atom. The standard InChI is InChI=1S/C18H19FN6O2/c19-10-2-1-9-5-14(23-13(9)6-10)16-17(18(21)26)22-7-15(25-16)24-12-3-4-27-8-11(12)20/h1-2,5-7,11-12,23H,3-4,8,20H2,(H2,21,26)(H,24,25)/t11-,12+/m0/s1. The highest BCUT2D eigenvalue weighted by Gasteiger charge is 2.24. The molecule has 0 spiro atoms. The molecule has 1 fully saturated rings. The number of aromatic nitrogens is 3. The van der Waals surface area contributed by atoms with Crippen LogP contribution >= 0.6 is 0 Å². The van der Waals surface area contributed by atoms with Gasteiger partial charge in [0, 0.05) is 29.6 Å². The second-order valence-electron chi connectivity index (χ2n) is 6.51. The third-order valence-electron chi connectivity index (χ3n) is 4.58. The molecular weight excluding hydrogens is 351 g/mol. The van der Waals surface area contributed by atoms with Gasteiger partial charge in [0.05, 0.1) is 18.5 Å². The largest absolute Gasteiger partial charge is 0.380 e. The highest BCUT2D eigenvalue weighted by molar-refractivity contribution is 5.98. The van der Waals surface area contributed by atoms with E-state index >= 15 is 0 Å². The second-order valence-corrected chi connectivity index (χ2v) is 6.51. The molecule has 4 rings (SSSR count). The molecule has 140 valence electrons. The van der Waals surface area contributed by atoms with E-state index in [1.54, 1.807) is 12.1 Å². The van der Waals surface area contributed by atoms with Gasteiger partial charge in [-0.25, -0.2) is 14.4 Å². The number of hydrogen-bond donors (Lipinski definition) is 4. The number of amides is 1. The smallest absolute Gasteiger partial charge is 0.269 e. The van der Waals surface area contributed by atoms with Gasteiger partial charge >= 0.3 is 0 Å². The van der Waals surface area contributed by atoms with E-state index in [1.165, 1.54) is 18.3 Å². The zero-order chi connectivity index (χ0) is 19.0. The van der Waals surface area contributed by atoms with Gasteiger partial charge in [-0.2, -0.15) is 0 Å². The van der Waals surface area contributed by atoms with E-state index in [-0.39, 0.29) is 23.6 Å². The Balaban J connectivity index is 1.73. The molecule has 3 aromatic rings. The van der Waals surface area contributed by atoms with Crippen LogP contribution in [0.5, 0.6) is 0 Å². The number of carbonyl (C=O) groups excluding carboxylic acids is 1. The van der Waals surface area contributed by atoms with Crippen LogP contribution in [0.3, 0.4) is 0 Å². The number of nitrogens with two attached hydrogens (primary N) is 2. The maximum Gasteiger partial charge on any atom is 0.269 e. The van der Waals surface area contributed by atoms with E-state index in [4.69, 9.17) is 16.2 Å². The fraction of sp³-hybridized carbons (Fsp3) is 0.278. The fourth-order valence-corrected chi connectivity index (χ4v) is 3.18. The van der Waals surface area contributed by atoms with Gasteiger partial charge in [0.2, 0.25) is 0 Å². The quantitative estimate of drug-likeness (QED) is 0.549. The van der Waals surface area contributed by atoms with Crippen molar-refractivity contribution in [2.75, 3.05) is 18.5 Å². The monoisotopic (exact) mass is 370 g/mol. The number of hydrogen-bond acceptors (Lipinski definition) is 6. The van der Waals surface area contributed by atoms with Gasteiger partial charge in [-0.05, 0) is 30.7 Å². The number of nitrogens with zero attached hydrogens (tertiary/aromatic N) is 2. The predicted molar refractivity (Wildman–Crippen MR) is 98.6 cm³/mol. The van der Waals surface area contributed by atoms with E-state index in [2.05, 4.69) is 20.3 Å². The topological polar surface area (TPSA) is 132 Å². The van der Waals surface area contributed by atoms with E-state index in [1.807, 2.05) is 0 Å². The summed E-state index contributed by atoms with van der Waals surface area (Å²) in [4.78, 5) is 23.6. The van der Waals surface area contributed by atoms with Gasteiger partial charge in [0.1, 0.15) is 17.3 Å². The van der Waals surface area contributed by atoms with Crippen molar-refractivity contribution >= 4 is 22.6 Å². The van der Waals surface area contributed by atoms with E-state index in [0.29, 0.717) is 35.9 Å². The minimum atomic E-state index is -0.698. The van der Waals surface area contributed by atoms with Crippen molar-refractivity contribution in [1.82, 2.24) is 15.0 Å². The third kappa shape index (κ3) is 3.46. The lowest BCUT2D eigenvalue weighted by atomic mass is 10.0. The molecule has 2 aromatic heterocycles. The van der Waals surface area contributed by atoms with Crippen LogP contribution in [0.15, 0.2) is 30.5 Å². The van der Waals surface area contributed by atoms with Gasteiger partial charge in [-0.1, -0.05) is 0 Å². The maximum atomic E-state index is 13.5. The minimum absolute atomic E-state index is 0.0165. The number of aromatic amines is 1. The van der Waals surface area contributed by atoms with Crippen LogP contribution in [0.4, 0.5) is 10.2 Å². The Morgan fingerprint density at radius 2 is 2.22 bits per heavy atom. The first-order chi connectivity index (χ1) is 13.0. The molecule has 1 aromatic carbocycles. The van der Waals surface area contributed by atoms with E-state index in [0.717, 1.165) is 11.8 Å². The van der Waals surface area contributed by atoms with Gasteiger partial charge in [0.25, 0.3) is 5.91 Å². The summed E-state index contributed by atoms with van der Waals surface area (Å²) < 4.78 is 18.8. The van der Waals surface area contributed by atoms with Crippen LogP contribution in [0.2, 0.25) is 0 Å². The van der Waals surface area contributed by atoms with Gasteiger partial charge in [-0.15, -0.1) is 0 Å². The van der Waals surface area contributed by atoms with Crippen molar-refractivity contribution in [3.63, 3.8) is 0 Å². The Kier molecular flexibility index (Phi) is 4.46. The van der Waals surface area contributed by atoms with Gasteiger partial charge in [-0.3, -0.25) is 4.79 Å². The molecule has 1 aliphatic rings. The van der Waals surface area contributed by atoms with Crippen LogP contribution in [0.1, 0.15) is 16.9 Å². The highest BCUT2D eigenvalue weighted by Crippen LogP contribution is 2.26. The average Bonchev–Trinajstić information content (AvgIpc) is 3.06. The summed E-state index contributed by atoms with van der Waals surface area (Å²) in [5.41, 5.74) is 13.0. The first-order valence-corrected chi connectivity index (χ1v) is 8.56. The fourth-order valence-electron chi connectivity index (χ4n) is 3.18. The molecule has 0 bridgehead atoms. The highest BCUT2D eigenvalue weighted by atomic mass is 19.1. The van der Waals surface area contributed by atoms with Crippen molar-refractivity contribution in [2.45, 2.75) is 18.5 Å². The summed E-state index contributed by atoms with van der Waals surface area (Å²) in [7, 11) is 0. The SMILES string of the molecule is NC(=O)c1ncc(N[C@@H]2CCOC[C@@H]2N)nc1-c1cc2ccc(F)cc2[nH]1. The molecule has 2 atom stereocenters. The molecule has 1 saturated heterocycles. The Morgan fingerprint density at radius 3 is 3.00 bits per heavy atom. The van der Waals surface area contributed by atoms with E-state index in [9.17, 15) is 9.18 Å². The summed E-state index contributed by atoms with van der Waals surface area (Å²) >= 11 is 0. The third-order valence-corrected chi connectivity index (χ3v) is 4.58. The van der Waals surface area contributed by atoms with E-state index < -0.39 is 5.91 Å². The predicted octanol–water partition coefficient (Wildman–Crippen LogP) is 1.39. The number of ether oxygens (including phenoxy) is 1. The molecule has 3 heterocycles. The molecule has 1 aliphatic heterocycles. The number of primary amides is 1. The summed E-state index contributed by atoms with van der Waals surface area (Å²) in [6, 6.07) is 5.97. The molecule has 6 N–H and O–H groups in total. The normalized spacial score (nSPS) is 19.9. The lowest BCUT2D eigenvalue weighted by Crippen LogP contribution is -2.47. The molecule has 0 unspecified atom stereocenters. The van der Waals surface area contributed by atoms with Crippen LogP contribution in [0.25, 0.3) is 22.3 Å². The van der Waals surface area contributed by atoms with Gasteiger partial charge in [0.15, 0.2) is 5.69 Å². The lowest BCUT2D eigenvalue weighted by Gasteiger charge is -2.29. The summed E-state index contributed by atoms with van der Waals surface area (Å²) in [6.45, 7) is 1.07. The summed E-state index contributed by atoms with van der Waals surface area (Å²) in [5.74, 6) is -0.583. The molecular formula is C18H19FN6O2. The zero-order valence-electron chi connectivity index (χ0n) is 14.4. The number of H-pyrrole nitrogens is 1. The van der Waals surface area contributed by atoms with Gasteiger partial charge < -0.3 is 26.5 Å². The Bertz CT molecular complexity index is 1000. The minimum Gasteiger partial charge on any atom is -0.380 e. The number of fused-ring (bicyclic) bond motifs is 1. The molecule has 1 amide bonds. The number of benzene rings is 1. The number of rotatable bonds is 4. The molecule has 8 nitrogen and oxygen atoms in total. The number of halogens is 1. The first-order valence-electron chi connectivity index (χ1n) is 8.56. The second kappa shape index (κ2) is 6.93. The average molecular weight is 370 g/mol.